The van der Waals surface area contributed by atoms with Gasteiger partial charge >= 0.3 is 13.5 Å². The summed E-state index contributed by atoms with van der Waals surface area (Å²) in [6.45, 7) is -0.611. The number of phosphoric ester groups is 1. The number of aromatic amines is 1. The zero-order chi connectivity index (χ0) is 23.8. The molecule has 0 saturated heterocycles. The van der Waals surface area contributed by atoms with Crippen molar-refractivity contribution in [3.05, 3.63) is 80.4 Å². The Balaban J connectivity index is 1.76. The van der Waals surface area contributed by atoms with Gasteiger partial charge in [-0.3, -0.25) is 14.1 Å². The lowest BCUT2D eigenvalue weighted by Crippen LogP contribution is -2.26. The zero-order valence-electron chi connectivity index (χ0n) is 16.7. The smallest absolute Gasteiger partial charge is 0.469 e. The van der Waals surface area contributed by atoms with Gasteiger partial charge in [-0.05, 0) is 35.9 Å². The molecule has 33 heavy (non-hydrogen) atoms. The van der Waals surface area contributed by atoms with Crippen LogP contribution in [0.15, 0.2) is 52.3 Å². The van der Waals surface area contributed by atoms with E-state index in [2.05, 4.69) is 14.5 Å². The van der Waals surface area contributed by atoms with E-state index in [-0.39, 0.29) is 5.69 Å². The number of phosphoric acid groups is 1. The summed E-state index contributed by atoms with van der Waals surface area (Å²) >= 11 is 5.99. The van der Waals surface area contributed by atoms with Crippen molar-refractivity contribution in [2.45, 2.75) is 6.04 Å². The highest BCUT2D eigenvalue weighted by atomic mass is 35.5. The Morgan fingerprint density at radius 1 is 1.27 bits per heavy atom. The largest absolute Gasteiger partial charge is 0.493 e. The molecule has 1 aliphatic rings. The Morgan fingerprint density at radius 3 is 2.67 bits per heavy atom. The number of nitriles is 1. The van der Waals surface area contributed by atoms with Gasteiger partial charge < -0.3 is 19.9 Å². The van der Waals surface area contributed by atoms with Crippen LogP contribution in [0.1, 0.15) is 28.4 Å². The number of allylic oxidation sites excluding steroid dienone is 1. The van der Waals surface area contributed by atoms with Crippen LogP contribution < -0.4 is 5.69 Å². The normalized spacial score (nSPS) is 14.9. The Bertz CT molecular complexity index is 1430. The summed E-state index contributed by atoms with van der Waals surface area (Å²) in [4.78, 5) is 37.8. The minimum absolute atomic E-state index is 0.0686. The summed E-state index contributed by atoms with van der Waals surface area (Å²) < 4.78 is 16.8. The highest BCUT2D eigenvalue weighted by Crippen LogP contribution is 2.39. The molecule has 3 aromatic rings. The summed E-state index contributed by atoms with van der Waals surface area (Å²) in [5.41, 5.74) is 2.09. The molecule has 2 aromatic carbocycles. The van der Waals surface area contributed by atoms with E-state index in [4.69, 9.17) is 26.6 Å². The van der Waals surface area contributed by atoms with Gasteiger partial charge in [-0.2, -0.15) is 5.26 Å². The van der Waals surface area contributed by atoms with Crippen LogP contribution in [0.4, 0.5) is 5.69 Å². The molecule has 1 atom stereocenters. The van der Waals surface area contributed by atoms with Gasteiger partial charge in [0.15, 0.2) is 0 Å². The van der Waals surface area contributed by atoms with Crippen molar-refractivity contribution in [2.75, 3.05) is 6.61 Å². The summed E-state index contributed by atoms with van der Waals surface area (Å²) in [5, 5.41) is 20.4. The molecule has 168 valence electrons. The van der Waals surface area contributed by atoms with Gasteiger partial charge in [0.1, 0.15) is 5.69 Å². The van der Waals surface area contributed by atoms with Crippen molar-refractivity contribution in [3.8, 4) is 11.9 Å². The van der Waals surface area contributed by atoms with Crippen molar-refractivity contribution >= 4 is 43.0 Å². The molecule has 0 radical (unpaired) electrons. The molecule has 0 aliphatic carbocycles. The molecule has 0 amide bonds. The van der Waals surface area contributed by atoms with Crippen LogP contribution >= 0.6 is 19.4 Å². The van der Waals surface area contributed by atoms with Crippen LogP contribution in [0, 0.1) is 11.3 Å². The monoisotopic (exact) mass is 486 g/mol. The Kier molecular flexibility index (Phi) is 6.08. The van der Waals surface area contributed by atoms with E-state index >= 15 is 0 Å². The number of nitrogens with one attached hydrogen (secondary N) is 1. The van der Waals surface area contributed by atoms with Gasteiger partial charge in [0.2, 0.25) is 5.88 Å². The number of rotatable bonds is 6. The Morgan fingerprint density at radius 2 is 2.00 bits per heavy atom. The first-order valence-corrected chi connectivity index (χ1v) is 11.4. The van der Waals surface area contributed by atoms with Gasteiger partial charge in [-0.25, -0.2) is 9.36 Å². The highest BCUT2D eigenvalue weighted by molar-refractivity contribution is 7.46. The number of aromatic hydroxyl groups is 1. The standard InChI is InChI=1S/C21H16ClN4O6P/c22-15-5-6-16-14(10-24-17(16)8-15)7-18-20(27)26(21(28)25-18)19(11-32-33(29,30)31)13-3-1-12(9-23)2-4-13/h1-8,10,19,27H,11H2,(H,25,28)(H2,29,30,31)/t19-/m0/s1. The number of H-pyrrole nitrogens is 1. The lowest BCUT2D eigenvalue weighted by atomic mass is 10.1. The fourth-order valence-electron chi connectivity index (χ4n) is 3.45. The lowest BCUT2D eigenvalue weighted by molar-refractivity contribution is 0.175. The number of hydrogen-bond acceptors (Lipinski definition) is 6. The summed E-state index contributed by atoms with van der Waals surface area (Å²) in [6, 6.07) is 12.0. The van der Waals surface area contributed by atoms with E-state index in [9.17, 15) is 14.5 Å². The van der Waals surface area contributed by atoms with E-state index in [1.54, 1.807) is 24.4 Å². The molecule has 0 unspecified atom stereocenters. The van der Waals surface area contributed by atoms with Crippen molar-refractivity contribution in [2.24, 2.45) is 4.99 Å². The highest BCUT2D eigenvalue weighted by Gasteiger charge is 2.26. The first-order chi connectivity index (χ1) is 15.7. The molecule has 0 spiro atoms. The van der Waals surface area contributed by atoms with Crippen molar-refractivity contribution < 1.29 is 24.0 Å². The lowest BCUT2D eigenvalue weighted by Gasteiger charge is -2.19. The summed E-state index contributed by atoms with van der Waals surface area (Å²) in [7, 11) is -4.86. The molecular weight excluding hydrogens is 471 g/mol. The molecule has 2 heterocycles. The maximum absolute atomic E-state index is 12.8. The average Bonchev–Trinajstić information content (AvgIpc) is 3.28. The SMILES string of the molecule is N#Cc1ccc([C@H](COP(=O)(O)O)n2c(O)c(C=C3C=Nc4cc(Cl)ccc43)[nH]c2=O)cc1. The van der Waals surface area contributed by atoms with Crippen LogP contribution in [0.25, 0.3) is 11.6 Å². The number of fused-ring (bicyclic) bond motifs is 1. The fourth-order valence-corrected chi connectivity index (χ4v) is 3.95. The zero-order valence-corrected chi connectivity index (χ0v) is 18.4. The molecule has 1 aliphatic heterocycles. The van der Waals surface area contributed by atoms with E-state index in [0.29, 0.717) is 27.4 Å². The van der Waals surface area contributed by atoms with Crippen LogP contribution in [0.5, 0.6) is 5.88 Å². The number of aliphatic imine (C=N–C) groups is 1. The second-order valence-corrected chi connectivity index (χ2v) is 8.77. The van der Waals surface area contributed by atoms with Crippen LogP contribution in [0.2, 0.25) is 5.02 Å². The Labute approximate surface area is 191 Å². The maximum Gasteiger partial charge on any atom is 0.469 e. The van der Waals surface area contributed by atoms with Crippen LogP contribution in [0.3, 0.4) is 0 Å². The van der Waals surface area contributed by atoms with E-state index < -0.39 is 32.0 Å². The maximum atomic E-state index is 12.8. The molecule has 4 N–H and O–H groups in total. The van der Waals surface area contributed by atoms with Crippen molar-refractivity contribution in [1.82, 2.24) is 9.55 Å². The molecule has 0 bridgehead atoms. The fraction of sp³-hybridized carbons (Fsp3) is 0.0952. The third kappa shape index (κ3) is 4.83. The van der Waals surface area contributed by atoms with Crippen molar-refractivity contribution in [3.63, 3.8) is 0 Å². The van der Waals surface area contributed by atoms with Gasteiger partial charge in [0.25, 0.3) is 0 Å². The number of aromatic nitrogens is 2. The minimum Gasteiger partial charge on any atom is -0.493 e. The third-order valence-electron chi connectivity index (χ3n) is 4.98. The minimum atomic E-state index is -4.86. The topological polar surface area (TPSA) is 161 Å². The second kappa shape index (κ2) is 8.83. The van der Waals surface area contributed by atoms with E-state index in [1.165, 1.54) is 30.3 Å². The first kappa shape index (κ1) is 22.7. The number of nitrogens with zero attached hydrogens (tertiary/aromatic N) is 3. The number of hydrogen-bond donors (Lipinski definition) is 4. The second-order valence-electron chi connectivity index (χ2n) is 7.09. The Hall–Kier alpha value is -3.45. The predicted molar refractivity (Wildman–Crippen MR) is 121 cm³/mol. The van der Waals surface area contributed by atoms with Gasteiger partial charge in [-0.1, -0.05) is 29.8 Å². The molecule has 12 heteroatoms. The predicted octanol–water partition coefficient (Wildman–Crippen LogP) is 3.36. The molecule has 4 rings (SSSR count). The van der Waals surface area contributed by atoms with Gasteiger partial charge in [0.05, 0.1) is 30.0 Å². The number of halogens is 1. The van der Waals surface area contributed by atoms with Gasteiger partial charge in [0, 0.05) is 22.4 Å². The third-order valence-corrected chi connectivity index (χ3v) is 5.70. The molecule has 1 aromatic heterocycles. The van der Waals surface area contributed by atoms with Crippen LogP contribution in [-0.4, -0.2) is 37.3 Å². The average molecular weight is 487 g/mol. The molecule has 10 nitrogen and oxygen atoms in total. The van der Waals surface area contributed by atoms with Crippen molar-refractivity contribution in [1.29, 1.82) is 5.26 Å². The van der Waals surface area contributed by atoms with E-state index in [0.717, 1.165) is 10.1 Å². The quantitative estimate of drug-likeness (QED) is 0.388. The molecule has 0 fully saturated rings. The summed E-state index contributed by atoms with van der Waals surface area (Å²) in [5.74, 6) is -0.466. The first-order valence-electron chi connectivity index (χ1n) is 9.45. The van der Waals surface area contributed by atoms with Crippen LogP contribution in [-0.2, 0) is 9.09 Å². The summed E-state index contributed by atoms with van der Waals surface area (Å²) in [6.07, 6.45) is 3.08. The number of benzene rings is 2. The van der Waals surface area contributed by atoms with Gasteiger partial charge in [-0.15, -0.1) is 0 Å². The molecule has 0 saturated carbocycles. The molecular formula is C21H16ClN4O6P. The number of imidazole rings is 1. The van der Waals surface area contributed by atoms with E-state index in [1.807, 2.05) is 6.07 Å².